The minimum Gasteiger partial charge on any atom is -0.360 e. The number of H-pyrrole nitrogens is 1. The Bertz CT molecular complexity index is 538. The second-order valence-electron chi connectivity index (χ2n) is 4.84. The summed E-state index contributed by atoms with van der Waals surface area (Å²) in [6, 6.07) is 6.87. The van der Waals surface area contributed by atoms with Crippen LogP contribution in [-0.2, 0) is 5.41 Å². The smallest absolute Gasteiger partial charge is 0.0465 e. The van der Waals surface area contributed by atoms with Crippen molar-refractivity contribution < 1.29 is 0 Å². The van der Waals surface area contributed by atoms with E-state index in [0.717, 1.165) is 4.47 Å². The second kappa shape index (κ2) is 3.34. The quantitative estimate of drug-likeness (QED) is 0.870. The lowest BCUT2D eigenvalue weighted by Crippen LogP contribution is -2.31. The molecule has 2 nitrogen and oxygen atoms in total. The lowest BCUT2D eigenvalue weighted by atomic mass is 9.89. The lowest BCUT2D eigenvalue weighted by molar-refractivity contribution is 0.557. The molecule has 1 fully saturated rings. The van der Waals surface area contributed by atoms with Gasteiger partial charge in [-0.1, -0.05) is 6.07 Å². The fourth-order valence-electron chi connectivity index (χ4n) is 2.54. The molecule has 1 aromatic heterocycles. The summed E-state index contributed by atoms with van der Waals surface area (Å²) in [4.78, 5) is 3.24. The summed E-state index contributed by atoms with van der Waals surface area (Å²) in [7, 11) is 0. The molecule has 0 radical (unpaired) electrons. The van der Waals surface area contributed by atoms with E-state index in [0.29, 0.717) is 0 Å². The lowest BCUT2D eigenvalue weighted by Gasteiger charge is -2.20. The maximum Gasteiger partial charge on any atom is 0.0465 e. The number of benzene rings is 1. The van der Waals surface area contributed by atoms with Crippen LogP contribution in [0.25, 0.3) is 10.9 Å². The van der Waals surface area contributed by atoms with Gasteiger partial charge in [-0.2, -0.15) is 0 Å². The Balaban J connectivity index is 2.15. The van der Waals surface area contributed by atoms with Gasteiger partial charge in [-0.05, 0) is 53.4 Å². The minimum absolute atomic E-state index is 0.239. The fraction of sp³-hybridized carbons (Fsp3) is 0.385. The molecule has 1 aromatic carbocycles. The molecule has 3 N–H and O–H groups in total. The molecule has 1 atom stereocenters. The maximum absolute atomic E-state index is 6.10. The van der Waals surface area contributed by atoms with E-state index in [-0.39, 0.29) is 11.5 Å². The van der Waals surface area contributed by atoms with Gasteiger partial charge in [-0.15, -0.1) is 0 Å². The predicted molar refractivity (Wildman–Crippen MR) is 70.6 cm³/mol. The third-order valence-electron chi connectivity index (χ3n) is 3.87. The van der Waals surface area contributed by atoms with Crippen LogP contribution in [0.1, 0.15) is 25.3 Å². The van der Waals surface area contributed by atoms with E-state index in [1.54, 1.807) is 0 Å². The van der Waals surface area contributed by atoms with Gasteiger partial charge in [0.05, 0.1) is 0 Å². The normalized spacial score (nSPS) is 19.9. The van der Waals surface area contributed by atoms with Crippen LogP contribution in [0.15, 0.2) is 28.9 Å². The van der Waals surface area contributed by atoms with Gasteiger partial charge in [-0.3, -0.25) is 0 Å². The standard InChI is InChI=1S/C13H15BrN2/c1-8(15)13(4-5-13)9-2-3-12-10(6-9)11(14)7-16-12/h2-3,6-8,16H,4-5,15H2,1H3. The number of aromatic amines is 1. The van der Waals surface area contributed by atoms with Gasteiger partial charge in [0.15, 0.2) is 0 Å². The predicted octanol–water partition coefficient (Wildman–Crippen LogP) is 3.31. The molecule has 0 aliphatic heterocycles. The first-order valence-corrected chi connectivity index (χ1v) is 6.45. The van der Waals surface area contributed by atoms with E-state index in [1.807, 2.05) is 6.20 Å². The first-order valence-electron chi connectivity index (χ1n) is 5.66. The molecular weight excluding hydrogens is 264 g/mol. The zero-order valence-electron chi connectivity index (χ0n) is 9.26. The molecular formula is C13H15BrN2. The van der Waals surface area contributed by atoms with Crippen LogP contribution in [-0.4, -0.2) is 11.0 Å². The van der Waals surface area contributed by atoms with Gasteiger partial charge < -0.3 is 10.7 Å². The Hall–Kier alpha value is -0.800. The number of rotatable bonds is 2. The van der Waals surface area contributed by atoms with Crippen molar-refractivity contribution in [2.75, 3.05) is 0 Å². The average molecular weight is 279 g/mol. The van der Waals surface area contributed by atoms with Crippen molar-refractivity contribution in [3.05, 3.63) is 34.4 Å². The Labute approximate surface area is 103 Å². The van der Waals surface area contributed by atoms with Crippen LogP contribution >= 0.6 is 15.9 Å². The number of hydrogen-bond donors (Lipinski definition) is 2. The number of halogens is 1. The van der Waals surface area contributed by atoms with E-state index >= 15 is 0 Å². The maximum atomic E-state index is 6.10. The molecule has 2 aromatic rings. The molecule has 1 unspecified atom stereocenters. The average Bonchev–Trinajstić information content (AvgIpc) is 3.01. The molecule has 1 heterocycles. The SMILES string of the molecule is CC(N)C1(c2ccc3[nH]cc(Br)c3c2)CC1. The highest BCUT2D eigenvalue weighted by molar-refractivity contribution is 9.10. The Morgan fingerprint density at radius 3 is 2.81 bits per heavy atom. The van der Waals surface area contributed by atoms with Crippen LogP contribution in [0, 0.1) is 0 Å². The van der Waals surface area contributed by atoms with E-state index in [4.69, 9.17) is 5.73 Å². The van der Waals surface area contributed by atoms with Crippen molar-refractivity contribution in [3.63, 3.8) is 0 Å². The Kier molecular flexibility index (Phi) is 2.17. The number of nitrogens with two attached hydrogens (primary N) is 1. The van der Waals surface area contributed by atoms with Crippen LogP contribution in [0.3, 0.4) is 0 Å². The summed E-state index contributed by atoms with van der Waals surface area (Å²) < 4.78 is 1.13. The van der Waals surface area contributed by atoms with Crippen molar-refractivity contribution in [1.82, 2.24) is 4.98 Å². The zero-order chi connectivity index (χ0) is 11.3. The van der Waals surface area contributed by atoms with E-state index < -0.39 is 0 Å². The molecule has 1 saturated carbocycles. The van der Waals surface area contributed by atoms with Gasteiger partial charge in [0.2, 0.25) is 0 Å². The van der Waals surface area contributed by atoms with Crippen molar-refractivity contribution in [1.29, 1.82) is 0 Å². The van der Waals surface area contributed by atoms with Gasteiger partial charge in [0.1, 0.15) is 0 Å². The zero-order valence-corrected chi connectivity index (χ0v) is 10.8. The highest BCUT2D eigenvalue weighted by Gasteiger charge is 2.47. The molecule has 1 aliphatic rings. The van der Waals surface area contributed by atoms with E-state index in [9.17, 15) is 0 Å². The second-order valence-corrected chi connectivity index (χ2v) is 5.70. The molecule has 84 valence electrons. The molecule has 0 bridgehead atoms. The van der Waals surface area contributed by atoms with Gasteiger partial charge in [-0.25, -0.2) is 0 Å². The van der Waals surface area contributed by atoms with Crippen molar-refractivity contribution >= 4 is 26.8 Å². The van der Waals surface area contributed by atoms with Crippen molar-refractivity contribution in [2.45, 2.75) is 31.2 Å². The topological polar surface area (TPSA) is 41.8 Å². The van der Waals surface area contributed by atoms with Crippen LogP contribution < -0.4 is 5.73 Å². The van der Waals surface area contributed by atoms with Gasteiger partial charge in [0, 0.05) is 33.0 Å². The summed E-state index contributed by atoms with van der Waals surface area (Å²) in [6.45, 7) is 2.11. The number of aromatic nitrogens is 1. The van der Waals surface area contributed by atoms with Crippen molar-refractivity contribution in [3.8, 4) is 0 Å². The third kappa shape index (κ3) is 1.35. The molecule has 3 rings (SSSR count). The largest absolute Gasteiger partial charge is 0.360 e. The molecule has 0 saturated heterocycles. The van der Waals surface area contributed by atoms with Crippen molar-refractivity contribution in [2.24, 2.45) is 5.73 Å². The monoisotopic (exact) mass is 278 g/mol. The number of hydrogen-bond acceptors (Lipinski definition) is 1. The van der Waals surface area contributed by atoms with Crippen LogP contribution in [0.2, 0.25) is 0 Å². The van der Waals surface area contributed by atoms with Gasteiger partial charge >= 0.3 is 0 Å². The van der Waals surface area contributed by atoms with E-state index in [1.165, 1.54) is 29.3 Å². The summed E-state index contributed by atoms with van der Waals surface area (Å²) in [5.41, 5.74) is 8.91. The fourth-order valence-corrected chi connectivity index (χ4v) is 2.98. The summed E-state index contributed by atoms with van der Waals surface area (Å²) >= 11 is 3.56. The molecule has 1 aliphatic carbocycles. The van der Waals surface area contributed by atoms with Gasteiger partial charge in [0.25, 0.3) is 0 Å². The highest BCUT2D eigenvalue weighted by atomic mass is 79.9. The highest BCUT2D eigenvalue weighted by Crippen LogP contribution is 2.50. The third-order valence-corrected chi connectivity index (χ3v) is 4.52. The number of nitrogens with one attached hydrogen (secondary N) is 1. The van der Waals surface area contributed by atoms with Crippen LogP contribution in [0.5, 0.6) is 0 Å². The molecule has 0 amide bonds. The molecule has 0 spiro atoms. The first kappa shape index (κ1) is 10.4. The number of fused-ring (bicyclic) bond motifs is 1. The molecule has 16 heavy (non-hydrogen) atoms. The minimum atomic E-state index is 0.239. The van der Waals surface area contributed by atoms with E-state index in [2.05, 4.69) is 46.0 Å². The summed E-state index contributed by atoms with van der Waals surface area (Å²) in [5, 5.41) is 1.25. The Morgan fingerprint density at radius 2 is 2.19 bits per heavy atom. The Morgan fingerprint density at radius 1 is 1.44 bits per heavy atom. The van der Waals surface area contributed by atoms with Crippen LogP contribution in [0.4, 0.5) is 0 Å². The first-order chi connectivity index (χ1) is 7.63. The molecule has 3 heteroatoms. The summed E-state index contributed by atoms with van der Waals surface area (Å²) in [6.07, 6.45) is 4.43. The summed E-state index contributed by atoms with van der Waals surface area (Å²) in [5.74, 6) is 0.